The molecule has 0 bridgehead atoms. The van der Waals surface area contributed by atoms with E-state index in [9.17, 15) is 19.8 Å². The molecule has 0 heterocycles. The van der Waals surface area contributed by atoms with Gasteiger partial charge in [0.2, 0.25) is 5.79 Å². The average Bonchev–Trinajstić information content (AvgIpc) is 2.44. The Morgan fingerprint density at radius 2 is 2.16 bits per heavy atom. The molecule has 4 N–H and O–H groups in total. The maximum atomic E-state index is 10.9. The first-order valence-corrected chi connectivity index (χ1v) is 5.36. The average molecular weight is 269 g/mol. The second kappa shape index (κ2) is 6.28. The van der Waals surface area contributed by atoms with E-state index in [1.807, 2.05) is 0 Å². The number of nitrogens with two attached hydrogens (primary N) is 1. The Bertz CT molecular complexity index is 463. The summed E-state index contributed by atoms with van der Waals surface area (Å²) >= 11 is 0. The number of hydrogen-bond donors (Lipinski definition) is 3. The van der Waals surface area contributed by atoms with E-state index in [2.05, 4.69) is 4.74 Å². The molecule has 2 atom stereocenters. The van der Waals surface area contributed by atoms with Crippen LogP contribution in [0, 0.1) is 0 Å². The monoisotopic (exact) mass is 269 g/mol. The van der Waals surface area contributed by atoms with E-state index in [1.54, 1.807) is 12.1 Å². The third-order valence-corrected chi connectivity index (χ3v) is 2.53. The molecule has 19 heavy (non-hydrogen) atoms. The van der Waals surface area contributed by atoms with Gasteiger partial charge in [-0.25, -0.2) is 0 Å². The van der Waals surface area contributed by atoms with E-state index in [0.717, 1.165) is 7.11 Å². The molecular weight excluding hydrogens is 254 g/mol. The number of aldehydes is 1. The Kier molecular flexibility index (Phi) is 4.99. The van der Waals surface area contributed by atoms with Crippen LogP contribution in [-0.4, -0.2) is 48.0 Å². The third kappa shape index (κ3) is 3.50. The normalized spacial score (nSPS) is 15.3. The molecule has 0 fully saturated rings. The van der Waals surface area contributed by atoms with Crippen molar-refractivity contribution in [3.63, 3.8) is 0 Å². The van der Waals surface area contributed by atoms with Gasteiger partial charge in [-0.3, -0.25) is 9.59 Å². The van der Waals surface area contributed by atoms with Crippen molar-refractivity contribution in [3.8, 4) is 5.75 Å². The summed E-state index contributed by atoms with van der Waals surface area (Å²) in [5.41, 5.74) is 5.14. The molecule has 104 valence electrons. The van der Waals surface area contributed by atoms with Gasteiger partial charge in [-0.2, -0.15) is 0 Å². The molecular formula is C12H15NO6. The number of primary amides is 1. The molecule has 0 aliphatic carbocycles. The predicted octanol–water partition coefficient (Wildman–Crippen LogP) is -0.941. The molecule has 1 aromatic carbocycles. The molecule has 0 aromatic heterocycles. The van der Waals surface area contributed by atoms with Gasteiger partial charge in [-0.15, -0.1) is 0 Å². The van der Waals surface area contributed by atoms with Crippen molar-refractivity contribution in [1.29, 1.82) is 0 Å². The molecule has 0 radical (unpaired) electrons. The minimum absolute atomic E-state index is 0.185. The fraction of sp³-hybridized carbons (Fsp3) is 0.333. The Labute approximate surface area is 109 Å². The van der Waals surface area contributed by atoms with E-state index in [-0.39, 0.29) is 11.3 Å². The lowest BCUT2D eigenvalue weighted by Gasteiger charge is -2.29. The van der Waals surface area contributed by atoms with Gasteiger partial charge in [0, 0.05) is 7.11 Å². The number of rotatable bonds is 7. The van der Waals surface area contributed by atoms with Crippen molar-refractivity contribution in [2.75, 3.05) is 13.7 Å². The van der Waals surface area contributed by atoms with Crippen LogP contribution in [0.25, 0.3) is 0 Å². The Morgan fingerprint density at radius 1 is 1.53 bits per heavy atom. The number of para-hydroxylation sites is 1. The molecule has 2 unspecified atom stereocenters. The van der Waals surface area contributed by atoms with Crippen LogP contribution in [0.5, 0.6) is 5.75 Å². The van der Waals surface area contributed by atoms with Crippen LogP contribution in [0.2, 0.25) is 0 Å². The molecule has 0 spiro atoms. The maximum absolute atomic E-state index is 10.9. The first-order valence-electron chi connectivity index (χ1n) is 5.36. The van der Waals surface area contributed by atoms with Crippen LogP contribution in [0.4, 0.5) is 0 Å². The number of benzene rings is 1. The van der Waals surface area contributed by atoms with Gasteiger partial charge in [0.1, 0.15) is 12.4 Å². The second-order valence-electron chi connectivity index (χ2n) is 3.80. The highest BCUT2D eigenvalue weighted by Gasteiger charge is 2.41. The van der Waals surface area contributed by atoms with Crippen molar-refractivity contribution in [2.45, 2.75) is 11.9 Å². The van der Waals surface area contributed by atoms with E-state index in [0.29, 0.717) is 6.29 Å². The van der Waals surface area contributed by atoms with Crippen LogP contribution in [0.1, 0.15) is 10.4 Å². The Morgan fingerprint density at radius 3 is 2.68 bits per heavy atom. The van der Waals surface area contributed by atoms with E-state index in [4.69, 9.17) is 10.5 Å². The zero-order valence-electron chi connectivity index (χ0n) is 10.3. The lowest BCUT2D eigenvalue weighted by Crippen LogP contribution is -2.54. The van der Waals surface area contributed by atoms with Crippen molar-refractivity contribution in [1.82, 2.24) is 0 Å². The summed E-state index contributed by atoms with van der Waals surface area (Å²) in [6, 6.07) is 6.27. The van der Waals surface area contributed by atoms with Gasteiger partial charge in [0.15, 0.2) is 12.4 Å². The van der Waals surface area contributed by atoms with Gasteiger partial charge in [-0.1, -0.05) is 12.1 Å². The summed E-state index contributed by atoms with van der Waals surface area (Å²) in [7, 11) is 1.08. The molecule has 7 heteroatoms. The van der Waals surface area contributed by atoms with Gasteiger partial charge in [0.25, 0.3) is 5.91 Å². The number of aliphatic hydroxyl groups excluding tert-OH is 1. The minimum Gasteiger partial charge on any atom is -0.487 e. The van der Waals surface area contributed by atoms with Crippen LogP contribution in [0.3, 0.4) is 0 Å². The Balaban J connectivity index is 2.83. The zero-order valence-corrected chi connectivity index (χ0v) is 10.3. The number of methoxy groups -OCH3 is 1. The molecule has 1 aromatic rings. The van der Waals surface area contributed by atoms with Crippen LogP contribution < -0.4 is 10.5 Å². The fourth-order valence-corrected chi connectivity index (χ4v) is 1.36. The van der Waals surface area contributed by atoms with Gasteiger partial charge >= 0.3 is 0 Å². The summed E-state index contributed by atoms with van der Waals surface area (Å²) in [6.45, 7) is -0.571. The molecule has 0 aliphatic rings. The lowest BCUT2D eigenvalue weighted by atomic mass is 10.1. The SMILES string of the molecule is COC(O)(COc1ccccc1C=O)C(O)C(N)=O. The van der Waals surface area contributed by atoms with Gasteiger partial charge < -0.3 is 25.4 Å². The largest absolute Gasteiger partial charge is 0.487 e. The number of amides is 1. The number of hydrogen-bond acceptors (Lipinski definition) is 6. The molecule has 0 saturated heterocycles. The topological polar surface area (TPSA) is 119 Å². The molecule has 1 amide bonds. The summed E-state index contributed by atoms with van der Waals surface area (Å²) in [5.74, 6) is -3.26. The third-order valence-electron chi connectivity index (χ3n) is 2.53. The first kappa shape index (κ1) is 15.1. The van der Waals surface area contributed by atoms with Crippen molar-refractivity contribution < 1.29 is 29.3 Å². The summed E-state index contributed by atoms with van der Waals surface area (Å²) in [6.07, 6.45) is -1.38. The number of carbonyl (C=O) groups is 2. The van der Waals surface area contributed by atoms with Crippen LogP contribution >= 0.6 is 0 Å². The maximum Gasteiger partial charge on any atom is 0.252 e. The van der Waals surface area contributed by atoms with E-state index in [1.165, 1.54) is 12.1 Å². The van der Waals surface area contributed by atoms with Crippen LogP contribution in [-0.2, 0) is 9.53 Å². The standard InChI is InChI=1S/C12H15NO6/c1-18-12(17,10(15)11(13)16)7-19-9-5-3-2-4-8(9)6-14/h2-6,10,15,17H,7H2,1H3,(H2,13,16). The van der Waals surface area contributed by atoms with Crippen LogP contribution in [0.15, 0.2) is 24.3 Å². The molecule has 0 aliphatic heterocycles. The number of carbonyl (C=O) groups excluding carboxylic acids is 2. The number of ether oxygens (including phenoxy) is 2. The second-order valence-corrected chi connectivity index (χ2v) is 3.80. The van der Waals surface area contributed by atoms with Gasteiger partial charge in [-0.05, 0) is 12.1 Å². The quantitative estimate of drug-likeness (QED) is 0.434. The number of aliphatic hydroxyl groups is 2. The van der Waals surface area contributed by atoms with Crippen molar-refractivity contribution >= 4 is 12.2 Å². The highest BCUT2D eigenvalue weighted by Crippen LogP contribution is 2.19. The zero-order chi connectivity index (χ0) is 14.5. The summed E-state index contributed by atoms with van der Waals surface area (Å²) in [5, 5.41) is 19.3. The molecule has 0 saturated carbocycles. The summed E-state index contributed by atoms with van der Waals surface area (Å²) in [4.78, 5) is 21.6. The predicted molar refractivity (Wildman–Crippen MR) is 64.5 cm³/mol. The highest BCUT2D eigenvalue weighted by molar-refractivity contribution is 5.80. The first-order chi connectivity index (χ1) is 8.94. The fourth-order valence-electron chi connectivity index (χ4n) is 1.36. The molecule has 1 rings (SSSR count). The van der Waals surface area contributed by atoms with Gasteiger partial charge in [0.05, 0.1) is 5.56 Å². The molecule has 7 nitrogen and oxygen atoms in total. The minimum atomic E-state index is -2.29. The lowest BCUT2D eigenvalue weighted by molar-refractivity contribution is -0.250. The van der Waals surface area contributed by atoms with Crippen molar-refractivity contribution in [2.24, 2.45) is 5.73 Å². The van der Waals surface area contributed by atoms with E-state index < -0.39 is 24.4 Å². The smallest absolute Gasteiger partial charge is 0.252 e. The highest BCUT2D eigenvalue weighted by atomic mass is 16.7. The summed E-state index contributed by atoms with van der Waals surface area (Å²) < 4.78 is 9.83. The van der Waals surface area contributed by atoms with E-state index >= 15 is 0 Å². The van der Waals surface area contributed by atoms with Crippen molar-refractivity contribution in [3.05, 3.63) is 29.8 Å². The Hall–Kier alpha value is -1.96.